The molecule has 3 N–H and O–H groups in total. The molecule has 104 valence electrons. The number of ether oxygens (including phenoxy) is 1. The quantitative estimate of drug-likeness (QED) is 0.392. The Morgan fingerprint density at radius 1 is 1.40 bits per heavy atom. The number of aromatic nitrogens is 1. The van der Waals surface area contributed by atoms with Gasteiger partial charge in [0.05, 0.1) is 0 Å². The smallest absolute Gasteiger partial charge is 0.238 e. The zero-order valence-electron chi connectivity index (χ0n) is 10.9. The number of para-hydroxylation sites is 1. The highest BCUT2D eigenvalue weighted by molar-refractivity contribution is 6.35. The van der Waals surface area contributed by atoms with Crippen molar-refractivity contribution in [1.29, 1.82) is 0 Å². The van der Waals surface area contributed by atoms with Crippen LogP contribution in [0.5, 0.6) is 11.6 Å². The SMILES string of the molecule is CCc1ccccc1Oc1nccc(/C(N)=N/O)c1Cl. The number of aryl methyl sites for hydroxylation is 1. The lowest BCUT2D eigenvalue weighted by molar-refractivity contribution is 0.318. The highest BCUT2D eigenvalue weighted by atomic mass is 35.5. The van der Waals surface area contributed by atoms with Gasteiger partial charge in [-0.2, -0.15) is 0 Å². The number of halogens is 1. The molecule has 1 heterocycles. The Morgan fingerprint density at radius 2 is 2.15 bits per heavy atom. The number of rotatable bonds is 4. The van der Waals surface area contributed by atoms with E-state index in [-0.39, 0.29) is 16.7 Å². The van der Waals surface area contributed by atoms with Crippen molar-refractivity contribution in [3.63, 3.8) is 0 Å². The molecular weight excluding hydrogens is 278 g/mol. The van der Waals surface area contributed by atoms with Gasteiger partial charge in [0.25, 0.3) is 0 Å². The maximum absolute atomic E-state index is 8.72. The molecule has 0 spiro atoms. The van der Waals surface area contributed by atoms with Gasteiger partial charge in [0.2, 0.25) is 5.88 Å². The first-order valence-corrected chi connectivity index (χ1v) is 6.43. The van der Waals surface area contributed by atoms with Crippen molar-refractivity contribution in [2.75, 3.05) is 0 Å². The Hall–Kier alpha value is -2.27. The van der Waals surface area contributed by atoms with E-state index in [0.29, 0.717) is 11.3 Å². The van der Waals surface area contributed by atoms with Crippen LogP contribution in [0.2, 0.25) is 5.02 Å². The second-order valence-corrected chi connectivity index (χ2v) is 4.40. The minimum Gasteiger partial charge on any atom is -0.437 e. The first-order valence-electron chi connectivity index (χ1n) is 6.05. The van der Waals surface area contributed by atoms with Gasteiger partial charge in [-0.3, -0.25) is 0 Å². The van der Waals surface area contributed by atoms with Crippen LogP contribution >= 0.6 is 11.6 Å². The van der Waals surface area contributed by atoms with E-state index in [2.05, 4.69) is 10.1 Å². The predicted molar refractivity (Wildman–Crippen MR) is 77.7 cm³/mol. The molecule has 1 aromatic heterocycles. The van der Waals surface area contributed by atoms with Crippen molar-refractivity contribution in [3.8, 4) is 11.6 Å². The molecule has 0 fully saturated rings. The summed E-state index contributed by atoms with van der Waals surface area (Å²) in [7, 11) is 0. The van der Waals surface area contributed by atoms with Gasteiger partial charge in [-0.05, 0) is 24.1 Å². The van der Waals surface area contributed by atoms with Crippen LogP contribution in [-0.2, 0) is 6.42 Å². The largest absolute Gasteiger partial charge is 0.437 e. The van der Waals surface area contributed by atoms with E-state index in [9.17, 15) is 0 Å². The molecule has 0 bridgehead atoms. The van der Waals surface area contributed by atoms with Crippen LogP contribution in [0.4, 0.5) is 0 Å². The maximum atomic E-state index is 8.72. The summed E-state index contributed by atoms with van der Waals surface area (Å²) in [6, 6.07) is 9.17. The molecule has 1 aromatic carbocycles. The van der Waals surface area contributed by atoms with Gasteiger partial charge in [0, 0.05) is 11.8 Å². The van der Waals surface area contributed by atoms with E-state index < -0.39 is 0 Å². The average molecular weight is 292 g/mol. The van der Waals surface area contributed by atoms with Gasteiger partial charge in [0.15, 0.2) is 5.84 Å². The van der Waals surface area contributed by atoms with E-state index in [4.69, 9.17) is 27.3 Å². The van der Waals surface area contributed by atoms with E-state index >= 15 is 0 Å². The van der Waals surface area contributed by atoms with Crippen molar-refractivity contribution < 1.29 is 9.94 Å². The van der Waals surface area contributed by atoms with Crippen LogP contribution in [0.15, 0.2) is 41.7 Å². The van der Waals surface area contributed by atoms with Crippen LogP contribution in [0.1, 0.15) is 18.1 Å². The number of hydrogen-bond acceptors (Lipinski definition) is 4. The molecule has 0 aliphatic rings. The number of amidine groups is 1. The molecular formula is C14H14ClN3O2. The number of oxime groups is 1. The van der Waals surface area contributed by atoms with Gasteiger partial charge in [0.1, 0.15) is 10.8 Å². The van der Waals surface area contributed by atoms with Gasteiger partial charge in [-0.25, -0.2) is 4.98 Å². The fraction of sp³-hybridized carbons (Fsp3) is 0.143. The second-order valence-electron chi connectivity index (χ2n) is 4.03. The third-order valence-corrected chi connectivity index (χ3v) is 3.17. The lowest BCUT2D eigenvalue weighted by atomic mass is 10.1. The highest BCUT2D eigenvalue weighted by Gasteiger charge is 2.14. The Morgan fingerprint density at radius 3 is 2.85 bits per heavy atom. The van der Waals surface area contributed by atoms with Gasteiger partial charge < -0.3 is 15.7 Å². The highest BCUT2D eigenvalue weighted by Crippen LogP contribution is 2.31. The predicted octanol–water partition coefficient (Wildman–Crippen LogP) is 3.18. The summed E-state index contributed by atoms with van der Waals surface area (Å²) < 4.78 is 5.73. The number of nitrogens with two attached hydrogens (primary N) is 1. The second kappa shape index (κ2) is 6.25. The number of hydrogen-bond donors (Lipinski definition) is 2. The Balaban J connectivity index is 2.40. The summed E-state index contributed by atoms with van der Waals surface area (Å²) in [5.74, 6) is 0.809. The number of nitrogens with zero attached hydrogens (tertiary/aromatic N) is 2. The van der Waals surface area contributed by atoms with Crippen molar-refractivity contribution in [1.82, 2.24) is 4.98 Å². The molecule has 2 rings (SSSR count). The van der Waals surface area contributed by atoms with Crippen molar-refractivity contribution in [2.24, 2.45) is 10.9 Å². The molecule has 0 atom stereocenters. The van der Waals surface area contributed by atoms with Crippen LogP contribution in [-0.4, -0.2) is 16.0 Å². The van der Waals surface area contributed by atoms with Crippen LogP contribution in [0.25, 0.3) is 0 Å². The monoisotopic (exact) mass is 291 g/mol. The van der Waals surface area contributed by atoms with Gasteiger partial charge in [-0.1, -0.05) is 41.9 Å². The van der Waals surface area contributed by atoms with Gasteiger partial charge >= 0.3 is 0 Å². The van der Waals surface area contributed by atoms with Crippen molar-refractivity contribution >= 4 is 17.4 Å². The van der Waals surface area contributed by atoms with E-state index in [1.165, 1.54) is 6.20 Å². The summed E-state index contributed by atoms with van der Waals surface area (Å²) in [4.78, 5) is 4.08. The van der Waals surface area contributed by atoms with Crippen molar-refractivity contribution in [2.45, 2.75) is 13.3 Å². The molecule has 20 heavy (non-hydrogen) atoms. The fourth-order valence-electron chi connectivity index (χ4n) is 1.75. The van der Waals surface area contributed by atoms with Crippen LogP contribution in [0, 0.1) is 0 Å². The first kappa shape index (κ1) is 14.1. The normalized spacial score (nSPS) is 11.4. The molecule has 0 amide bonds. The molecule has 0 saturated heterocycles. The summed E-state index contributed by atoms with van der Waals surface area (Å²) in [5, 5.41) is 11.8. The Labute approximate surface area is 121 Å². The third-order valence-electron chi connectivity index (χ3n) is 2.80. The molecule has 0 unspecified atom stereocenters. The molecule has 0 saturated carbocycles. The fourth-order valence-corrected chi connectivity index (χ4v) is 1.99. The minimum atomic E-state index is -0.0916. The summed E-state index contributed by atoms with van der Waals surface area (Å²) in [6.45, 7) is 2.03. The van der Waals surface area contributed by atoms with Crippen LogP contribution in [0.3, 0.4) is 0 Å². The zero-order chi connectivity index (χ0) is 14.5. The molecule has 0 aliphatic carbocycles. The average Bonchev–Trinajstić information content (AvgIpc) is 2.49. The van der Waals surface area contributed by atoms with Crippen molar-refractivity contribution in [3.05, 3.63) is 52.7 Å². The zero-order valence-corrected chi connectivity index (χ0v) is 11.6. The number of benzene rings is 1. The molecule has 2 aromatic rings. The summed E-state index contributed by atoms with van der Waals surface area (Å²) in [5.41, 5.74) is 6.96. The molecule has 6 heteroatoms. The summed E-state index contributed by atoms with van der Waals surface area (Å²) in [6.07, 6.45) is 2.32. The molecule has 5 nitrogen and oxygen atoms in total. The maximum Gasteiger partial charge on any atom is 0.238 e. The molecule has 0 radical (unpaired) electrons. The topological polar surface area (TPSA) is 80.7 Å². The van der Waals surface area contributed by atoms with E-state index in [1.807, 2.05) is 31.2 Å². The standard InChI is InChI=1S/C14H14ClN3O2/c1-2-9-5-3-4-6-11(9)20-14-12(15)10(7-8-17-14)13(16)18-19/h3-8,19H,2H2,1H3,(H2,16,18). The van der Waals surface area contributed by atoms with Crippen LogP contribution < -0.4 is 10.5 Å². The Bertz CT molecular complexity index is 644. The minimum absolute atomic E-state index is 0.0916. The van der Waals surface area contributed by atoms with E-state index in [0.717, 1.165) is 12.0 Å². The first-order chi connectivity index (χ1) is 9.67. The molecule has 0 aliphatic heterocycles. The number of pyridine rings is 1. The lowest BCUT2D eigenvalue weighted by Gasteiger charge is -2.11. The third kappa shape index (κ3) is 2.83. The Kier molecular flexibility index (Phi) is 4.42. The summed E-state index contributed by atoms with van der Waals surface area (Å²) >= 11 is 6.17. The van der Waals surface area contributed by atoms with Gasteiger partial charge in [-0.15, -0.1) is 0 Å². The van der Waals surface area contributed by atoms with E-state index in [1.54, 1.807) is 6.07 Å². The lowest BCUT2D eigenvalue weighted by Crippen LogP contribution is -2.14.